The van der Waals surface area contributed by atoms with Gasteiger partial charge in [0.15, 0.2) is 0 Å². The van der Waals surface area contributed by atoms with Gasteiger partial charge in [-0.25, -0.2) is 0 Å². The molecule has 2 rings (SSSR count). The molecule has 1 fully saturated rings. The maximum atomic E-state index is 11.9. The number of carbonyl (C=O) groups is 1. The molecule has 1 aromatic rings. The molecule has 0 spiro atoms. The fourth-order valence-electron chi connectivity index (χ4n) is 2.41. The molecular weight excluding hydrogens is 268 g/mol. The van der Waals surface area contributed by atoms with Crippen molar-refractivity contribution in [1.82, 2.24) is 10.6 Å². The number of amides is 1. The normalized spacial score (nSPS) is 27.3. The largest absolute Gasteiger partial charge is 0.351 e. The average molecular weight is 289 g/mol. The molecule has 102 valence electrons. The standard InChI is InChI=1S/C13H20N2OS.ClH/c1-9-5-6-14-10(2)13(9)15-12(16)8-11-4-3-7-17-11;/h3-4,7,9-10,13-14H,5-6,8H2,1-2H3,(H,15,16);1H. The summed E-state index contributed by atoms with van der Waals surface area (Å²) in [5.41, 5.74) is 0. The first-order valence-electron chi connectivity index (χ1n) is 6.22. The maximum Gasteiger partial charge on any atom is 0.225 e. The van der Waals surface area contributed by atoms with E-state index in [0.717, 1.165) is 17.8 Å². The maximum absolute atomic E-state index is 11.9. The summed E-state index contributed by atoms with van der Waals surface area (Å²) in [6.07, 6.45) is 1.64. The Labute approximate surface area is 119 Å². The van der Waals surface area contributed by atoms with Crippen LogP contribution in [-0.2, 0) is 11.2 Å². The summed E-state index contributed by atoms with van der Waals surface area (Å²) in [7, 11) is 0. The summed E-state index contributed by atoms with van der Waals surface area (Å²) in [5, 5.41) is 8.59. The Bertz CT molecular complexity index is 359. The molecule has 0 bridgehead atoms. The minimum Gasteiger partial charge on any atom is -0.351 e. The van der Waals surface area contributed by atoms with Crippen LogP contribution < -0.4 is 10.6 Å². The smallest absolute Gasteiger partial charge is 0.225 e. The Kier molecular flexibility index (Phi) is 6.12. The van der Waals surface area contributed by atoms with Gasteiger partial charge in [0.2, 0.25) is 5.91 Å². The summed E-state index contributed by atoms with van der Waals surface area (Å²) < 4.78 is 0. The Morgan fingerprint density at radius 2 is 2.33 bits per heavy atom. The summed E-state index contributed by atoms with van der Waals surface area (Å²) in [4.78, 5) is 13.1. The van der Waals surface area contributed by atoms with Crippen LogP contribution in [0.3, 0.4) is 0 Å². The van der Waals surface area contributed by atoms with Crippen molar-refractivity contribution in [3.8, 4) is 0 Å². The van der Waals surface area contributed by atoms with Gasteiger partial charge in [-0.15, -0.1) is 23.7 Å². The molecule has 1 saturated heterocycles. The van der Waals surface area contributed by atoms with Crippen LogP contribution in [0.25, 0.3) is 0 Å². The third-order valence-corrected chi connectivity index (χ3v) is 4.34. The minimum absolute atomic E-state index is 0. The topological polar surface area (TPSA) is 41.1 Å². The monoisotopic (exact) mass is 288 g/mol. The van der Waals surface area contributed by atoms with Crippen molar-refractivity contribution >= 4 is 29.7 Å². The molecule has 0 radical (unpaired) electrons. The second kappa shape index (κ2) is 7.12. The van der Waals surface area contributed by atoms with Crippen molar-refractivity contribution in [2.75, 3.05) is 6.54 Å². The Balaban J connectivity index is 0.00000162. The van der Waals surface area contributed by atoms with E-state index in [2.05, 4.69) is 24.5 Å². The Hall–Kier alpha value is -0.580. The van der Waals surface area contributed by atoms with E-state index in [1.54, 1.807) is 11.3 Å². The fourth-order valence-corrected chi connectivity index (χ4v) is 3.12. The van der Waals surface area contributed by atoms with Crippen LogP contribution in [0.4, 0.5) is 0 Å². The van der Waals surface area contributed by atoms with Gasteiger partial charge in [0.25, 0.3) is 0 Å². The van der Waals surface area contributed by atoms with Crippen LogP contribution >= 0.6 is 23.7 Å². The minimum atomic E-state index is 0. The lowest BCUT2D eigenvalue weighted by atomic mass is 9.89. The Morgan fingerprint density at radius 1 is 1.56 bits per heavy atom. The molecule has 2 N–H and O–H groups in total. The number of piperidine rings is 1. The number of hydrogen-bond donors (Lipinski definition) is 2. The van der Waals surface area contributed by atoms with Crippen molar-refractivity contribution < 1.29 is 4.79 Å². The van der Waals surface area contributed by atoms with Gasteiger partial charge in [0.05, 0.1) is 6.42 Å². The van der Waals surface area contributed by atoms with Crippen LogP contribution in [0.5, 0.6) is 0 Å². The van der Waals surface area contributed by atoms with E-state index in [1.165, 1.54) is 0 Å². The molecule has 0 saturated carbocycles. The molecule has 3 nitrogen and oxygen atoms in total. The van der Waals surface area contributed by atoms with Crippen molar-refractivity contribution in [3.63, 3.8) is 0 Å². The van der Waals surface area contributed by atoms with Crippen LogP contribution in [-0.4, -0.2) is 24.5 Å². The summed E-state index contributed by atoms with van der Waals surface area (Å²) in [6, 6.07) is 4.62. The van der Waals surface area contributed by atoms with Crippen molar-refractivity contribution in [3.05, 3.63) is 22.4 Å². The molecule has 1 aromatic heterocycles. The zero-order chi connectivity index (χ0) is 12.3. The number of rotatable bonds is 3. The number of carbonyl (C=O) groups excluding carboxylic acids is 1. The van der Waals surface area contributed by atoms with E-state index < -0.39 is 0 Å². The fraction of sp³-hybridized carbons (Fsp3) is 0.615. The van der Waals surface area contributed by atoms with Gasteiger partial charge in [0, 0.05) is 17.0 Å². The van der Waals surface area contributed by atoms with Gasteiger partial charge in [0.1, 0.15) is 0 Å². The lowest BCUT2D eigenvalue weighted by molar-refractivity contribution is -0.121. The van der Waals surface area contributed by atoms with Crippen molar-refractivity contribution in [1.29, 1.82) is 0 Å². The average Bonchev–Trinajstić information content (AvgIpc) is 2.76. The molecule has 5 heteroatoms. The molecule has 0 aliphatic carbocycles. The number of thiophene rings is 1. The first kappa shape index (κ1) is 15.5. The lowest BCUT2D eigenvalue weighted by Gasteiger charge is -2.36. The zero-order valence-corrected chi connectivity index (χ0v) is 12.4. The second-order valence-electron chi connectivity index (χ2n) is 4.86. The van der Waals surface area contributed by atoms with Crippen LogP contribution in [0.1, 0.15) is 25.1 Å². The molecule has 1 aliphatic rings. The van der Waals surface area contributed by atoms with Crippen LogP contribution in [0.15, 0.2) is 17.5 Å². The summed E-state index contributed by atoms with van der Waals surface area (Å²) >= 11 is 1.64. The zero-order valence-electron chi connectivity index (χ0n) is 10.8. The van der Waals surface area contributed by atoms with Gasteiger partial charge < -0.3 is 10.6 Å². The molecule has 3 atom stereocenters. The Morgan fingerprint density at radius 3 is 2.94 bits per heavy atom. The predicted molar refractivity (Wildman–Crippen MR) is 78.4 cm³/mol. The van der Waals surface area contributed by atoms with Crippen LogP contribution in [0.2, 0.25) is 0 Å². The summed E-state index contributed by atoms with van der Waals surface area (Å²) in [6.45, 7) is 5.42. The van der Waals surface area contributed by atoms with Crippen molar-refractivity contribution in [2.24, 2.45) is 5.92 Å². The third kappa shape index (κ3) is 3.97. The van der Waals surface area contributed by atoms with E-state index in [0.29, 0.717) is 18.4 Å². The number of nitrogens with one attached hydrogen (secondary N) is 2. The van der Waals surface area contributed by atoms with Gasteiger partial charge in [-0.3, -0.25) is 4.79 Å². The lowest BCUT2D eigenvalue weighted by Crippen LogP contribution is -2.56. The first-order valence-corrected chi connectivity index (χ1v) is 7.10. The highest BCUT2D eigenvalue weighted by Gasteiger charge is 2.28. The first-order chi connectivity index (χ1) is 8.16. The van der Waals surface area contributed by atoms with Crippen LogP contribution in [0, 0.1) is 5.92 Å². The molecule has 2 heterocycles. The van der Waals surface area contributed by atoms with Gasteiger partial charge >= 0.3 is 0 Å². The molecule has 1 aliphatic heterocycles. The summed E-state index contributed by atoms with van der Waals surface area (Å²) in [5.74, 6) is 0.693. The molecule has 18 heavy (non-hydrogen) atoms. The highest BCUT2D eigenvalue weighted by atomic mass is 35.5. The van der Waals surface area contributed by atoms with E-state index in [4.69, 9.17) is 0 Å². The quantitative estimate of drug-likeness (QED) is 0.895. The van der Waals surface area contributed by atoms with Gasteiger partial charge in [-0.2, -0.15) is 0 Å². The molecule has 0 aromatic carbocycles. The van der Waals surface area contributed by atoms with E-state index in [-0.39, 0.29) is 24.4 Å². The van der Waals surface area contributed by atoms with E-state index in [1.807, 2.05) is 17.5 Å². The van der Waals surface area contributed by atoms with E-state index in [9.17, 15) is 4.79 Å². The molecule has 1 amide bonds. The van der Waals surface area contributed by atoms with Gasteiger partial charge in [-0.05, 0) is 37.3 Å². The highest BCUT2D eigenvalue weighted by Crippen LogP contribution is 2.16. The second-order valence-corrected chi connectivity index (χ2v) is 5.89. The number of halogens is 1. The van der Waals surface area contributed by atoms with Gasteiger partial charge in [-0.1, -0.05) is 13.0 Å². The highest BCUT2D eigenvalue weighted by molar-refractivity contribution is 7.10. The predicted octanol–water partition coefficient (Wildman–Crippen LogP) is 2.22. The molecule has 3 unspecified atom stereocenters. The molecular formula is C13H21ClN2OS. The third-order valence-electron chi connectivity index (χ3n) is 3.46. The van der Waals surface area contributed by atoms with E-state index >= 15 is 0 Å². The number of hydrogen-bond acceptors (Lipinski definition) is 3. The van der Waals surface area contributed by atoms with Crippen molar-refractivity contribution in [2.45, 2.75) is 38.8 Å². The SMILES string of the molecule is CC1CCNC(C)C1NC(=O)Cc1cccs1.Cl.